The molecule has 0 aliphatic heterocycles. The maximum Gasteiger partial charge on any atom is 0.223 e. The van der Waals surface area contributed by atoms with Crippen LogP contribution in [0, 0.1) is 5.82 Å². The third-order valence-corrected chi connectivity index (χ3v) is 2.69. The minimum absolute atomic E-state index is 0.297. The molecule has 17 heavy (non-hydrogen) atoms. The van der Waals surface area contributed by atoms with Crippen LogP contribution >= 0.6 is 15.9 Å². The number of halogens is 2. The van der Waals surface area contributed by atoms with Crippen LogP contribution in [0.15, 0.2) is 34.9 Å². The van der Waals surface area contributed by atoms with Gasteiger partial charge < -0.3 is 5.32 Å². The van der Waals surface area contributed by atoms with Gasteiger partial charge in [-0.05, 0) is 31.2 Å². The van der Waals surface area contributed by atoms with Gasteiger partial charge in [0, 0.05) is 22.8 Å². The molecule has 0 amide bonds. The van der Waals surface area contributed by atoms with Gasteiger partial charge in [-0.25, -0.2) is 14.4 Å². The molecule has 1 aromatic heterocycles. The van der Waals surface area contributed by atoms with E-state index in [1.54, 1.807) is 24.4 Å². The molecule has 0 spiro atoms. The average Bonchev–Trinajstić information content (AvgIpc) is 2.33. The Morgan fingerprint density at radius 1 is 1.35 bits per heavy atom. The Hall–Kier alpha value is -1.49. The van der Waals surface area contributed by atoms with Gasteiger partial charge in [0.05, 0.1) is 5.69 Å². The molecule has 2 aromatic rings. The summed E-state index contributed by atoms with van der Waals surface area (Å²) in [5.41, 5.74) is 1.02. The fourth-order valence-electron chi connectivity index (χ4n) is 1.45. The number of benzene rings is 1. The molecule has 0 unspecified atom stereocenters. The molecule has 2 rings (SSSR count). The highest BCUT2D eigenvalue weighted by molar-refractivity contribution is 9.10. The van der Waals surface area contributed by atoms with Crippen LogP contribution in [-0.2, 0) is 0 Å². The second kappa shape index (κ2) is 5.23. The van der Waals surface area contributed by atoms with E-state index in [4.69, 9.17) is 0 Å². The highest BCUT2D eigenvalue weighted by Crippen LogP contribution is 2.24. The number of anilines is 1. The number of hydrogen-bond donors (Lipinski definition) is 1. The summed E-state index contributed by atoms with van der Waals surface area (Å²) in [5, 5.41) is 3.00. The van der Waals surface area contributed by atoms with Crippen molar-refractivity contribution < 1.29 is 4.39 Å². The van der Waals surface area contributed by atoms with E-state index >= 15 is 0 Å². The standard InChI is InChI=1S/C12H11BrFN3/c1-2-15-12-16-6-5-11(17-12)9-7-8(13)3-4-10(9)14/h3-7H,2H2,1H3,(H,15,16,17). The fourth-order valence-corrected chi connectivity index (χ4v) is 1.81. The molecule has 0 bridgehead atoms. The van der Waals surface area contributed by atoms with Crippen LogP contribution in [0.1, 0.15) is 6.92 Å². The second-order valence-electron chi connectivity index (χ2n) is 3.42. The zero-order valence-electron chi connectivity index (χ0n) is 9.24. The number of nitrogens with one attached hydrogen (secondary N) is 1. The monoisotopic (exact) mass is 295 g/mol. The number of nitrogens with zero attached hydrogens (tertiary/aromatic N) is 2. The highest BCUT2D eigenvalue weighted by atomic mass is 79.9. The SMILES string of the molecule is CCNc1nccc(-c2cc(Br)ccc2F)n1. The van der Waals surface area contributed by atoms with Crippen molar-refractivity contribution in [3.8, 4) is 11.3 Å². The van der Waals surface area contributed by atoms with Crippen LogP contribution in [0.4, 0.5) is 10.3 Å². The molecule has 1 heterocycles. The van der Waals surface area contributed by atoms with Gasteiger partial charge in [0.25, 0.3) is 0 Å². The lowest BCUT2D eigenvalue weighted by Gasteiger charge is -2.06. The molecule has 0 fully saturated rings. The summed E-state index contributed by atoms with van der Waals surface area (Å²) in [7, 11) is 0. The lowest BCUT2D eigenvalue weighted by atomic mass is 10.1. The summed E-state index contributed by atoms with van der Waals surface area (Å²) in [4.78, 5) is 8.30. The van der Waals surface area contributed by atoms with Crippen molar-refractivity contribution in [2.45, 2.75) is 6.92 Å². The van der Waals surface area contributed by atoms with Crippen molar-refractivity contribution in [3.63, 3.8) is 0 Å². The summed E-state index contributed by atoms with van der Waals surface area (Å²) in [6.45, 7) is 2.68. The van der Waals surface area contributed by atoms with Crippen molar-refractivity contribution >= 4 is 21.9 Å². The summed E-state index contributed by atoms with van der Waals surface area (Å²) in [6.07, 6.45) is 1.61. The minimum atomic E-state index is -0.297. The first-order valence-corrected chi connectivity index (χ1v) is 6.02. The first-order chi connectivity index (χ1) is 8.20. The third kappa shape index (κ3) is 2.79. The van der Waals surface area contributed by atoms with Crippen molar-refractivity contribution in [3.05, 3.63) is 40.8 Å². The Bertz CT molecular complexity index is 531. The van der Waals surface area contributed by atoms with Gasteiger partial charge in [0.1, 0.15) is 5.82 Å². The molecule has 0 radical (unpaired) electrons. The Morgan fingerprint density at radius 3 is 2.94 bits per heavy atom. The van der Waals surface area contributed by atoms with E-state index in [1.165, 1.54) is 6.07 Å². The van der Waals surface area contributed by atoms with Crippen LogP contribution in [0.5, 0.6) is 0 Å². The van der Waals surface area contributed by atoms with Crippen molar-refractivity contribution in [1.82, 2.24) is 9.97 Å². The van der Waals surface area contributed by atoms with Gasteiger partial charge >= 0.3 is 0 Å². The van der Waals surface area contributed by atoms with Crippen molar-refractivity contribution in [2.24, 2.45) is 0 Å². The molecule has 1 aromatic carbocycles. The van der Waals surface area contributed by atoms with Gasteiger partial charge in [0.15, 0.2) is 0 Å². The zero-order valence-corrected chi connectivity index (χ0v) is 10.8. The first kappa shape index (κ1) is 12.0. The summed E-state index contributed by atoms with van der Waals surface area (Å²) < 4.78 is 14.5. The topological polar surface area (TPSA) is 37.8 Å². The van der Waals surface area contributed by atoms with E-state index in [0.29, 0.717) is 17.2 Å². The minimum Gasteiger partial charge on any atom is -0.354 e. The fraction of sp³-hybridized carbons (Fsp3) is 0.167. The van der Waals surface area contributed by atoms with Crippen LogP contribution in [-0.4, -0.2) is 16.5 Å². The average molecular weight is 296 g/mol. The zero-order chi connectivity index (χ0) is 12.3. The molecular formula is C12H11BrFN3. The Morgan fingerprint density at radius 2 is 2.18 bits per heavy atom. The largest absolute Gasteiger partial charge is 0.354 e. The normalized spacial score (nSPS) is 10.3. The van der Waals surface area contributed by atoms with Crippen LogP contribution in [0.2, 0.25) is 0 Å². The summed E-state index contributed by atoms with van der Waals surface area (Å²) >= 11 is 3.32. The molecule has 5 heteroatoms. The first-order valence-electron chi connectivity index (χ1n) is 5.23. The Labute approximate surface area is 107 Å². The molecule has 0 aliphatic carbocycles. The van der Waals surface area contributed by atoms with Gasteiger partial charge in [-0.2, -0.15) is 0 Å². The Balaban J connectivity index is 2.45. The predicted molar refractivity (Wildman–Crippen MR) is 69.3 cm³/mol. The Kier molecular flexibility index (Phi) is 3.68. The molecule has 3 nitrogen and oxygen atoms in total. The molecular weight excluding hydrogens is 285 g/mol. The van der Waals surface area contributed by atoms with E-state index < -0.39 is 0 Å². The van der Waals surface area contributed by atoms with E-state index in [1.807, 2.05) is 6.92 Å². The van der Waals surface area contributed by atoms with Gasteiger partial charge in [-0.15, -0.1) is 0 Å². The molecule has 0 saturated heterocycles. The number of aromatic nitrogens is 2. The third-order valence-electron chi connectivity index (χ3n) is 2.19. The molecule has 0 aliphatic rings. The predicted octanol–water partition coefficient (Wildman–Crippen LogP) is 3.48. The van der Waals surface area contributed by atoms with E-state index in [9.17, 15) is 4.39 Å². The van der Waals surface area contributed by atoms with Crippen LogP contribution in [0.25, 0.3) is 11.3 Å². The van der Waals surface area contributed by atoms with E-state index in [0.717, 1.165) is 11.0 Å². The number of hydrogen-bond acceptors (Lipinski definition) is 3. The molecule has 0 saturated carbocycles. The lowest BCUT2D eigenvalue weighted by molar-refractivity contribution is 0.630. The number of rotatable bonds is 3. The quantitative estimate of drug-likeness (QED) is 0.942. The van der Waals surface area contributed by atoms with Crippen LogP contribution < -0.4 is 5.32 Å². The van der Waals surface area contributed by atoms with E-state index in [2.05, 4.69) is 31.2 Å². The lowest BCUT2D eigenvalue weighted by Crippen LogP contribution is -2.02. The van der Waals surface area contributed by atoms with Gasteiger partial charge in [-0.1, -0.05) is 15.9 Å². The second-order valence-corrected chi connectivity index (χ2v) is 4.34. The smallest absolute Gasteiger partial charge is 0.223 e. The maximum absolute atomic E-state index is 13.7. The van der Waals surface area contributed by atoms with Gasteiger partial charge in [0.2, 0.25) is 5.95 Å². The van der Waals surface area contributed by atoms with Crippen LogP contribution in [0.3, 0.4) is 0 Å². The van der Waals surface area contributed by atoms with Gasteiger partial charge in [-0.3, -0.25) is 0 Å². The van der Waals surface area contributed by atoms with Crippen molar-refractivity contribution in [1.29, 1.82) is 0 Å². The molecule has 1 N–H and O–H groups in total. The molecule has 0 atom stereocenters. The van der Waals surface area contributed by atoms with E-state index in [-0.39, 0.29) is 5.82 Å². The summed E-state index contributed by atoms with van der Waals surface area (Å²) in [5.74, 6) is 0.207. The van der Waals surface area contributed by atoms with Crippen molar-refractivity contribution in [2.75, 3.05) is 11.9 Å². The maximum atomic E-state index is 13.7. The summed E-state index contributed by atoms with van der Waals surface area (Å²) in [6, 6.07) is 6.46. The molecule has 88 valence electrons. The highest BCUT2D eigenvalue weighted by Gasteiger charge is 2.08.